The van der Waals surface area contributed by atoms with E-state index in [2.05, 4.69) is 6.92 Å². The van der Waals surface area contributed by atoms with Gasteiger partial charge >= 0.3 is 0 Å². The summed E-state index contributed by atoms with van der Waals surface area (Å²) in [5, 5.41) is 1.40. The highest BCUT2D eigenvalue weighted by Gasteiger charge is 2.52. The topological polar surface area (TPSA) is 39.1 Å². The summed E-state index contributed by atoms with van der Waals surface area (Å²) < 4.78 is 1.70. The van der Waals surface area contributed by atoms with Gasteiger partial charge in [0.05, 0.1) is 5.52 Å². The Balaban J connectivity index is 1.88. The minimum Gasteiger partial charge on any atom is -0.291 e. The van der Waals surface area contributed by atoms with Gasteiger partial charge in [0, 0.05) is 21.7 Å². The van der Waals surface area contributed by atoms with Crippen LogP contribution in [0.2, 0.25) is 5.02 Å². The Hall–Kier alpha value is -2.10. The van der Waals surface area contributed by atoms with E-state index in [9.17, 15) is 9.59 Å². The number of rotatable bonds is 1. The van der Waals surface area contributed by atoms with Crippen molar-refractivity contribution in [2.45, 2.75) is 31.1 Å². The van der Waals surface area contributed by atoms with Crippen molar-refractivity contribution in [3.8, 4) is 0 Å². The number of aromatic nitrogens is 1. The molecule has 2 unspecified atom stereocenters. The van der Waals surface area contributed by atoms with E-state index in [1.807, 2.05) is 12.1 Å². The van der Waals surface area contributed by atoms with E-state index in [1.54, 1.807) is 34.9 Å². The smallest absolute Gasteiger partial charge is 0.265 e. The molecule has 27 heavy (non-hydrogen) atoms. The van der Waals surface area contributed by atoms with Crippen LogP contribution in [0.1, 0.15) is 45.3 Å². The maximum absolute atomic E-state index is 13.6. The number of fused-ring (bicyclic) bond motifs is 3. The lowest BCUT2D eigenvalue weighted by atomic mass is 9.85. The second kappa shape index (κ2) is 5.70. The number of ketones is 1. The summed E-state index contributed by atoms with van der Waals surface area (Å²) >= 11 is 13.2. The Morgan fingerprint density at radius 1 is 1.15 bits per heavy atom. The molecule has 0 N–H and O–H groups in total. The predicted octanol–water partition coefficient (Wildman–Crippen LogP) is 5.39. The molecule has 2 heterocycles. The minimum atomic E-state index is -1.76. The van der Waals surface area contributed by atoms with Crippen LogP contribution in [-0.4, -0.2) is 16.3 Å². The lowest BCUT2D eigenvalue weighted by Crippen LogP contribution is -2.45. The van der Waals surface area contributed by atoms with Crippen molar-refractivity contribution in [1.29, 1.82) is 0 Å². The molecule has 1 aromatic heterocycles. The van der Waals surface area contributed by atoms with E-state index in [0.717, 1.165) is 35.9 Å². The van der Waals surface area contributed by atoms with Gasteiger partial charge in [0.15, 0.2) is 5.78 Å². The maximum atomic E-state index is 13.6. The SMILES string of the molecule is CC1CCc2c(c3cc(Cl)cc4c3n2C(=O)C(Cl)(c2ccccc2)C4=O)C1. The van der Waals surface area contributed by atoms with Crippen LogP contribution < -0.4 is 0 Å². The molecule has 1 aliphatic carbocycles. The summed E-state index contributed by atoms with van der Waals surface area (Å²) in [5.74, 6) is -0.250. The van der Waals surface area contributed by atoms with E-state index in [1.165, 1.54) is 0 Å². The Kier molecular flexibility index (Phi) is 3.59. The first-order chi connectivity index (χ1) is 12.9. The largest absolute Gasteiger partial charge is 0.291 e. The number of carbonyl (C=O) groups excluding carboxylic acids is 2. The third-order valence-corrected chi connectivity index (χ3v) is 6.66. The van der Waals surface area contributed by atoms with Crippen molar-refractivity contribution in [1.82, 2.24) is 4.57 Å². The first kappa shape index (κ1) is 17.0. The van der Waals surface area contributed by atoms with E-state index in [0.29, 0.717) is 27.6 Å². The molecule has 136 valence electrons. The van der Waals surface area contributed by atoms with Crippen molar-refractivity contribution >= 4 is 45.8 Å². The monoisotopic (exact) mass is 397 g/mol. The summed E-state index contributed by atoms with van der Waals surface area (Å²) in [7, 11) is 0. The highest BCUT2D eigenvalue weighted by atomic mass is 35.5. The van der Waals surface area contributed by atoms with Gasteiger partial charge in [-0.2, -0.15) is 0 Å². The second-order valence-corrected chi connectivity index (χ2v) is 8.62. The Morgan fingerprint density at radius 2 is 1.89 bits per heavy atom. The molecule has 0 spiro atoms. The van der Waals surface area contributed by atoms with Gasteiger partial charge in [0.1, 0.15) is 0 Å². The summed E-state index contributed by atoms with van der Waals surface area (Å²) in [4.78, 5) is 25.3. The van der Waals surface area contributed by atoms with Crippen molar-refractivity contribution in [2.24, 2.45) is 5.92 Å². The third kappa shape index (κ3) is 2.16. The molecule has 2 aromatic carbocycles. The van der Waals surface area contributed by atoms with E-state index in [4.69, 9.17) is 23.2 Å². The predicted molar refractivity (Wildman–Crippen MR) is 107 cm³/mol. The van der Waals surface area contributed by atoms with Gasteiger partial charge in [0.25, 0.3) is 5.91 Å². The van der Waals surface area contributed by atoms with Gasteiger partial charge in [-0.1, -0.05) is 60.5 Å². The number of Topliss-reactive ketones (excluding diaryl/α,β-unsaturated/α-hetero) is 1. The summed E-state index contributed by atoms with van der Waals surface area (Å²) in [6.45, 7) is 2.21. The summed E-state index contributed by atoms with van der Waals surface area (Å²) in [6, 6.07) is 12.4. The lowest BCUT2D eigenvalue weighted by Gasteiger charge is -2.31. The zero-order chi connectivity index (χ0) is 18.9. The number of nitrogens with zero attached hydrogens (tertiary/aromatic N) is 1. The summed E-state index contributed by atoms with van der Waals surface area (Å²) in [5.41, 5.74) is 3.69. The van der Waals surface area contributed by atoms with Crippen molar-refractivity contribution < 1.29 is 9.59 Å². The molecule has 2 atom stereocenters. The van der Waals surface area contributed by atoms with Crippen LogP contribution in [0.4, 0.5) is 0 Å². The number of hydrogen-bond acceptors (Lipinski definition) is 2. The molecule has 5 rings (SSSR count). The Morgan fingerprint density at radius 3 is 2.63 bits per heavy atom. The lowest BCUT2D eigenvalue weighted by molar-refractivity contribution is 0.0766. The first-order valence-electron chi connectivity index (χ1n) is 9.12. The average Bonchev–Trinajstić information content (AvgIpc) is 2.99. The number of hydrogen-bond donors (Lipinski definition) is 0. The van der Waals surface area contributed by atoms with E-state index in [-0.39, 0.29) is 5.91 Å². The van der Waals surface area contributed by atoms with E-state index < -0.39 is 10.7 Å². The fourth-order valence-corrected chi connectivity index (χ4v) is 5.11. The Bertz CT molecular complexity index is 1130. The standard InChI is InChI=1S/C22H17Cl2NO2/c1-12-7-8-18-15(9-12)16-10-14(23)11-17-19(16)25(18)21(27)22(24,20(17)26)13-5-3-2-4-6-13/h2-6,10-12H,7-9H2,1H3. The molecule has 5 heteroatoms. The van der Waals surface area contributed by atoms with Gasteiger partial charge in [-0.3, -0.25) is 14.2 Å². The van der Waals surface area contributed by atoms with Crippen molar-refractivity contribution in [3.63, 3.8) is 0 Å². The van der Waals surface area contributed by atoms with Crippen molar-refractivity contribution in [3.05, 3.63) is 69.9 Å². The quantitative estimate of drug-likeness (QED) is 0.407. The van der Waals surface area contributed by atoms with Crippen LogP contribution >= 0.6 is 23.2 Å². The molecule has 3 aromatic rings. The highest BCUT2D eigenvalue weighted by molar-refractivity contribution is 6.51. The highest BCUT2D eigenvalue weighted by Crippen LogP contribution is 2.46. The van der Waals surface area contributed by atoms with Crippen LogP contribution in [0.25, 0.3) is 10.9 Å². The molecule has 0 radical (unpaired) electrons. The van der Waals surface area contributed by atoms with E-state index >= 15 is 0 Å². The molecular weight excluding hydrogens is 381 g/mol. The molecule has 0 fully saturated rings. The molecular formula is C22H17Cl2NO2. The van der Waals surface area contributed by atoms with Gasteiger partial charge in [0.2, 0.25) is 4.87 Å². The van der Waals surface area contributed by atoms with Gasteiger partial charge in [-0.25, -0.2) is 0 Å². The van der Waals surface area contributed by atoms with Crippen LogP contribution in [0.5, 0.6) is 0 Å². The minimum absolute atomic E-state index is 0.379. The molecule has 3 nitrogen and oxygen atoms in total. The van der Waals surface area contributed by atoms with Crippen LogP contribution in [0.3, 0.4) is 0 Å². The molecule has 0 amide bonds. The van der Waals surface area contributed by atoms with Crippen LogP contribution in [0, 0.1) is 5.92 Å². The molecule has 0 bridgehead atoms. The third-order valence-electron chi connectivity index (χ3n) is 5.90. The average molecular weight is 398 g/mol. The van der Waals surface area contributed by atoms with Gasteiger partial charge in [-0.15, -0.1) is 0 Å². The summed E-state index contributed by atoms with van der Waals surface area (Å²) in [6.07, 6.45) is 2.68. The van der Waals surface area contributed by atoms with Crippen molar-refractivity contribution in [2.75, 3.05) is 0 Å². The van der Waals surface area contributed by atoms with Crippen LogP contribution in [-0.2, 0) is 17.7 Å². The van der Waals surface area contributed by atoms with Crippen LogP contribution in [0.15, 0.2) is 42.5 Å². The number of alkyl halides is 1. The van der Waals surface area contributed by atoms with Gasteiger partial charge < -0.3 is 0 Å². The fraction of sp³-hybridized carbons (Fsp3) is 0.273. The molecule has 0 saturated heterocycles. The number of carbonyl (C=O) groups is 2. The molecule has 2 aliphatic rings. The number of halogens is 2. The zero-order valence-corrected chi connectivity index (χ0v) is 16.3. The van der Waals surface area contributed by atoms with Gasteiger partial charge in [-0.05, 0) is 48.4 Å². The second-order valence-electron chi connectivity index (χ2n) is 7.62. The molecule has 1 aliphatic heterocycles. The maximum Gasteiger partial charge on any atom is 0.265 e. The number of benzene rings is 2. The Labute approximate surface area is 166 Å². The zero-order valence-electron chi connectivity index (χ0n) is 14.8. The fourth-order valence-electron chi connectivity index (χ4n) is 4.58. The normalized spacial score (nSPS) is 24.3. The molecule has 0 saturated carbocycles. The first-order valence-corrected chi connectivity index (χ1v) is 9.88.